The Morgan fingerprint density at radius 2 is 1.78 bits per heavy atom. The lowest BCUT2D eigenvalue weighted by Gasteiger charge is -2.46. The maximum absolute atomic E-state index is 13.8. The number of hydrogen-bond donors (Lipinski definition) is 5. The Kier molecular flexibility index (Phi) is 19.5. The Morgan fingerprint density at radius 3 is 2.47 bits per heavy atom. The van der Waals surface area contributed by atoms with Gasteiger partial charge in [-0.2, -0.15) is 0 Å². The molecule has 74 heavy (non-hydrogen) atoms. The molecule has 404 valence electrons. The zero-order chi connectivity index (χ0) is 54.1. The Labute approximate surface area is 435 Å². The number of aldehydes is 1. The first-order valence-electron chi connectivity index (χ1n) is 24.8. The average Bonchev–Trinajstić information content (AvgIpc) is 3.94. The summed E-state index contributed by atoms with van der Waals surface area (Å²) in [6, 6.07) is 9.12. The molecule has 4 aliphatic heterocycles. The number of hydrogen-bond acceptors (Lipinski definition) is 17. The number of sulfonamides is 1. The molecule has 2 aromatic carbocycles. The van der Waals surface area contributed by atoms with Gasteiger partial charge in [0.05, 0.1) is 56.4 Å². The number of anilines is 1. The number of benzene rings is 2. The molecule has 0 bridgehead atoms. The quantitative estimate of drug-likeness (QED) is 0.0413. The summed E-state index contributed by atoms with van der Waals surface area (Å²) in [6.07, 6.45) is 1.91. The molecule has 2 aromatic rings. The fraction of sp³-hybridized carbons (Fsp3) is 0.569. The summed E-state index contributed by atoms with van der Waals surface area (Å²) in [5.41, 5.74) is 0.378. The number of aryl methyl sites for hydroxylation is 1. The van der Waals surface area contributed by atoms with E-state index in [0.29, 0.717) is 68.6 Å². The third-order valence-electron chi connectivity index (χ3n) is 14.0. The minimum absolute atomic E-state index is 0.0621. The number of amides is 5. The molecule has 0 saturated carbocycles. The van der Waals surface area contributed by atoms with Crippen molar-refractivity contribution in [1.29, 1.82) is 0 Å². The van der Waals surface area contributed by atoms with E-state index in [1.807, 2.05) is 24.6 Å². The predicted octanol–water partition coefficient (Wildman–Crippen LogP) is 2.50. The SMILES string of the molecule is CCC(C)(C)C(=O)C(=O)N1CCCC[C@H]1C(=O)O[C@H](CCc1ccc(OC)c(OC)c1)COCC(=O)NCCS(=O)(=O)NC(=O)c1cccc(NC(=O)[C@@H]2C[C@H](SC3=C(C=O)N4C(=O)[C@H]([C@@H](C)O)[C@H]4[C@H]3C)CN2)c1. The molecule has 4 aliphatic rings. The third kappa shape index (κ3) is 13.7. The number of aliphatic hydroxyl groups excluding tert-OH is 1. The Bertz CT molecular complexity index is 2610. The second-order valence-electron chi connectivity index (χ2n) is 19.6. The van der Waals surface area contributed by atoms with Gasteiger partial charge in [0.2, 0.25) is 33.5 Å². The van der Waals surface area contributed by atoms with E-state index in [-0.39, 0.29) is 53.9 Å². The van der Waals surface area contributed by atoms with Crippen molar-refractivity contribution < 1.29 is 70.8 Å². The van der Waals surface area contributed by atoms with E-state index in [0.717, 1.165) is 10.5 Å². The zero-order valence-electron chi connectivity index (χ0n) is 42.8. The molecule has 21 nitrogen and oxygen atoms in total. The van der Waals surface area contributed by atoms with Crippen molar-refractivity contribution in [2.45, 2.75) is 115 Å². The van der Waals surface area contributed by atoms with Crippen LogP contribution in [0.2, 0.25) is 0 Å². The van der Waals surface area contributed by atoms with Crippen LogP contribution in [-0.2, 0) is 59.5 Å². The number of piperidine rings is 1. The van der Waals surface area contributed by atoms with Gasteiger partial charge in [-0.25, -0.2) is 17.9 Å². The van der Waals surface area contributed by atoms with Crippen molar-refractivity contribution in [2.75, 3.05) is 58.1 Å². The molecule has 0 spiro atoms. The van der Waals surface area contributed by atoms with Gasteiger partial charge < -0.3 is 49.8 Å². The van der Waals surface area contributed by atoms with Crippen molar-refractivity contribution in [3.63, 3.8) is 0 Å². The number of fused-ring (bicyclic) bond motifs is 1. The summed E-state index contributed by atoms with van der Waals surface area (Å²) in [7, 11) is -1.26. The van der Waals surface area contributed by atoms with Crippen LogP contribution >= 0.6 is 11.8 Å². The van der Waals surface area contributed by atoms with Crippen molar-refractivity contribution in [2.24, 2.45) is 17.3 Å². The number of β-lactam (4-membered cyclic amide) rings is 1. The number of nitrogens with zero attached hydrogens (tertiary/aromatic N) is 2. The summed E-state index contributed by atoms with van der Waals surface area (Å²) < 4.78 is 50.3. The van der Waals surface area contributed by atoms with Gasteiger partial charge in [-0.15, -0.1) is 11.8 Å². The molecule has 5 N–H and O–H groups in total. The maximum atomic E-state index is 13.8. The highest BCUT2D eigenvalue weighted by Gasteiger charge is 2.58. The fourth-order valence-corrected chi connectivity index (χ4v) is 11.8. The smallest absolute Gasteiger partial charge is 0.329 e. The molecule has 3 fully saturated rings. The van der Waals surface area contributed by atoms with Gasteiger partial charge >= 0.3 is 5.97 Å². The van der Waals surface area contributed by atoms with Gasteiger partial charge in [-0.1, -0.05) is 39.8 Å². The van der Waals surface area contributed by atoms with Crippen LogP contribution < -0.4 is 30.1 Å². The van der Waals surface area contributed by atoms with Crippen molar-refractivity contribution >= 4 is 75.0 Å². The lowest BCUT2D eigenvalue weighted by Crippen LogP contribution is -2.63. The van der Waals surface area contributed by atoms with Crippen LogP contribution in [0.5, 0.6) is 11.5 Å². The minimum Gasteiger partial charge on any atom is -0.493 e. The first kappa shape index (κ1) is 57.4. The number of likely N-dealkylation sites (tertiary alicyclic amines) is 1. The van der Waals surface area contributed by atoms with Crippen LogP contribution in [0.15, 0.2) is 53.1 Å². The van der Waals surface area contributed by atoms with Crippen LogP contribution in [0, 0.1) is 17.3 Å². The average molecular weight is 1070 g/mol. The maximum Gasteiger partial charge on any atom is 0.329 e. The number of carbonyl (C=O) groups excluding carboxylic acids is 8. The topological polar surface area (TPSA) is 282 Å². The number of allylic oxidation sites excluding steroid dienone is 1. The summed E-state index contributed by atoms with van der Waals surface area (Å²) in [4.78, 5) is 108. The number of carbonyl (C=O) groups is 8. The highest BCUT2D eigenvalue weighted by molar-refractivity contribution is 8.03. The van der Waals surface area contributed by atoms with Gasteiger partial charge in [0.1, 0.15) is 18.8 Å². The number of methoxy groups -OCH3 is 2. The van der Waals surface area contributed by atoms with E-state index >= 15 is 0 Å². The first-order chi connectivity index (χ1) is 35.1. The fourth-order valence-electron chi connectivity index (χ4n) is 9.46. The van der Waals surface area contributed by atoms with Gasteiger partial charge in [0.25, 0.3) is 11.8 Å². The normalized spacial score (nSPS) is 22.5. The molecular weight excluding hydrogens is 1000 g/mol. The molecule has 0 unspecified atom stereocenters. The third-order valence-corrected chi connectivity index (χ3v) is 16.8. The van der Waals surface area contributed by atoms with Crippen LogP contribution in [0.3, 0.4) is 0 Å². The molecule has 5 amide bonds. The number of ketones is 1. The highest BCUT2D eigenvalue weighted by Crippen LogP contribution is 2.51. The van der Waals surface area contributed by atoms with Gasteiger partial charge in [0.15, 0.2) is 17.8 Å². The summed E-state index contributed by atoms with van der Waals surface area (Å²) in [6.45, 7) is 8.15. The van der Waals surface area contributed by atoms with Crippen LogP contribution in [0.4, 0.5) is 5.69 Å². The number of thioether (sulfide) groups is 1. The highest BCUT2D eigenvalue weighted by atomic mass is 32.2. The van der Waals surface area contributed by atoms with Crippen molar-refractivity contribution in [3.05, 3.63) is 64.2 Å². The molecule has 0 radical (unpaired) electrons. The number of ether oxygens (including phenoxy) is 4. The number of esters is 1. The second-order valence-corrected chi connectivity index (χ2v) is 22.8. The van der Waals surface area contributed by atoms with E-state index in [1.54, 1.807) is 39.0 Å². The van der Waals surface area contributed by atoms with Gasteiger partial charge in [0, 0.05) is 52.4 Å². The number of Topliss-reactive ketones (excluding diaryl/α,β-unsaturated/α-hetero) is 1. The van der Waals surface area contributed by atoms with E-state index in [4.69, 9.17) is 18.9 Å². The van der Waals surface area contributed by atoms with E-state index < -0.39 is 99.9 Å². The van der Waals surface area contributed by atoms with Gasteiger partial charge in [-0.05, 0) is 87.8 Å². The number of aliphatic hydroxyl groups is 1. The Morgan fingerprint density at radius 1 is 1.04 bits per heavy atom. The molecule has 6 rings (SSSR count). The van der Waals surface area contributed by atoms with Crippen molar-refractivity contribution in [1.82, 2.24) is 25.2 Å². The van der Waals surface area contributed by atoms with Crippen LogP contribution in [0.25, 0.3) is 0 Å². The standard InChI is InChI=1S/C51H68N6O15S2/c1-8-51(4,5)45(61)49(65)56-20-10-9-14-37(56)50(66)72-34(17-15-31-16-18-39(69-6)40(22-31)70-7)27-71-28-41(60)52-19-21-74(67,68)55-46(62)32-12-11-13-33(23-32)54-47(63)36-24-35(25-53-36)73-44-29(2)43-42(30(3)59)48(64)57(43)38(44)26-58/h11-13,16,18,22-23,26,29-30,34-37,42-43,53,59H,8-10,14-15,17,19-21,24-25,27-28H2,1-7H3,(H,52,60)(H,54,63)(H,55,62)/t29-,30-,34-,35+,36+,37+,42-,43-/m1/s1. The summed E-state index contributed by atoms with van der Waals surface area (Å²) in [5, 5.41) is 18.4. The van der Waals surface area contributed by atoms with E-state index in [1.165, 1.54) is 54.0 Å². The molecule has 4 heterocycles. The van der Waals surface area contributed by atoms with E-state index in [2.05, 4.69) is 16.0 Å². The molecule has 0 aliphatic carbocycles. The minimum atomic E-state index is -4.28. The zero-order valence-corrected chi connectivity index (χ0v) is 44.4. The lowest BCUT2D eigenvalue weighted by atomic mass is 9.79. The number of rotatable bonds is 25. The molecule has 23 heteroatoms. The van der Waals surface area contributed by atoms with Gasteiger partial charge in [-0.3, -0.25) is 33.6 Å². The second kappa shape index (κ2) is 25.1. The Balaban J connectivity index is 0.970. The summed E-state index contributed by atoms with van der Waals surface area (Å²) >= 11 is 1.43. The van der Waals surface area contributed by atoms with E-state index in [9.17, 15) is 51.9 Å². The molecule has 3 saturated heterocycles. The summed E-state index contributed by atoms with van der Waals surface area (Å²) in [5.74, 6) is -4.78. The molecule has 8 atom stereocenters. The molecular formula is C51H68N6O15S2. The Hall–Kier alpha value is -5.88. The lowest BCUT2D eigenvalue weighted by molar-refractivity contribution is -0.166. The largest absolute Gasteiger partial charge is 0.493 e. The van der Waals surface area contributed by atoms with Crippen LogP contribution in [-0.4, -0.2) is 159 Å². The predicted molar refractivity (Wildman–Crippen MR) is 272 cm³/mol. The number of nitrogens with one attached hydrogen (secondary N) is 4. The van der Waals surface area contributed by atoms with Crippen molar-refractivity contribution in [3.8, 4) is 11.5 Å². The first-order valence-corrected chi connectivity index (χ1v) is 27.3. The monoisotopic (exact) mass is 1070 g/mol. The van der Waals surface area contributed by atoms with Crippen LogP contribution in [0.1, 0.15) is 89.1 Å². The molecule has 0 aromatic heterocycles.